The van der Waals surface area contributed by atoms with Gasteiger partial charge in [0.2, 0.25) is 0 Å². The van der Waals surface area contributed by atoms with E-state index < -0.39 is 9.05 Å². The second-order valence-corrected chi connectivity index (χ2v) is 23.8. The summed E-state index contributed by atoms with van der Waals surface area (Å²) in [5, 5.41) is 0. The van der Waals surface area contributed by atoms with Gasteiger partial charge in [-0.2, -0.15) is 0 Å². The van der Waals surface area contributed by atoms with Crippen LogP contribution in [0.25, 0.3) is 0 Å². The molecule has 4 saturated heterocycles. The van der Waals surface area contributed by atoms with Crippen molar-refractivity contribution in [2.75, 3.05) is 28.2 Å². The summed E-state index contributed by atoms with van der Waals surface area (Å²) in [5.74, 6) is 0. The van der Waals surface area contributed by atoms with Crippen molar-refractivity contribution in [2.24, 2.45) is 0 Å². The lowest BCUT2D eigenvalue weighted by molar-refractivity contribution is -0.175. The third-order valence-electron chi connectivity index (χ3n) is 14.3. The summed E-state index contributed by atoms with van der Waals surface area (Å²) in [6, 6.07) is 0. The lowest BCUT2D eigenvalue weighted by Gasteiger charge is -2.57. The summed E-state index contributed by atoms with van der Waals surface area (Å²) in [6.07, 6.45) is 7.03. The van der Waals surface area contributed by atoms with Gasteiger partial charge in [0, 0.05) is 44.3 Å². The summed E-state index contributed by atoms with van der Waals surface area (Å²) in [5.41, 5.74) is -0.340. The fraction of sp³-hybridized carbons (Fsp3) is 1.00. The van der Waals surface area contributed by atoms with Gasteiger partial charge in [0.1, 0.15) is 0 Å². The quantitative estimate of drug-likeness (QED) is 0.235. The Balaban J connectivity index is 1.84. The van der Waals surface area contributed by atoms with Gasteiger partial charge in [-0.05, 0) is 190 Å². The lowest BCUT2D eigenvalue weighted by Crippen LogP contribution is -2.68. The maximum absolute atomic E-state index is 7.60. The molecule has 4 rings (SSSR count). The Hall–Kier alpha value is -0.103. The Bertz CT molecular complexity index is 927. The summed E-state index contributed by atoms with van der Waals surface area (Å²) < 4.78 is 30.4. The van der Waals surface area contributed by atoms with Gasteiger partial charge in [0.05, 0.1) is 24.4 Å². The van der Waals surface area contributed by atoms with Gasteiger partial charge in [0.15, 0.2) is 0 Å². The SMILES string of the molecule is CN1C(C)(C)CC(O[Si](OC2CC(C)(C)N(C)C(C)(C)C2)(OC2CC(C)(C)N(C)C(C)(C)C2)OC2CC(C)(C)N(C)C(C)(C)C2)CC1(C)C. The van der Waals surface area contributed by atoms with Gasteiger partial charge in [-0.3, -0.25) is 19.6 Å². The molecule has 9 heteroatoms. The van der Waals surface area contributed by atoms with Crippen molar-refractivity contribution in [2.45, 2.75) is 231 Å². The summed E-state index contributed by atoms with van der Waals surface area (Å²) in [7, 11) is 5.24. The van der Waals surface area contributed by atoms with Crippen molar-refractivity contribution in [3.05, 3.63) is 0 Å². The average Bonchev–Trinajstić information content (AvgIpc) is 2.86. The first-order valence-corrected chi connectivity index (χ1v) is 21.1. The van der Waals surface area contributed by atoms with Gasteiger partial charge in [-0.1, -0.05) is 0 Å². The fourth-order valence-corrected chi connectivity index (χ4v) is 13.1. The molecule has 0 bridgehead atoms. The highest BCUT2D eigenvalue weighted by Crippen LogP contribution is 2.46. The van der Waals surface area contributed by atoms with E-state index in [2.05, 4.69) is 159 Å². The molecular formula is C40H80N4O4Si. The van der Waals surface area contributed by atoms with Crippen LogP contribution in [0.2, 0.25) is 0 Å². The van der Waals surface area contributed by atoms with Crippen LogP contribution in [0.15, 0.2) is 0 Å². The van der Waals surface area contributed by atoms with E-state index in [1.165, 1.54) is 0 Å². The molecule has 0 atom stereocenters. The van der Waals surface area contributed by atoms with E-state index >= 15 is 0 Å². The van der Waals surface area contributed by atoms with Crippen molar-refractivity contribution in [3.8, 4) is 0 Å². The molecule has 0 unspecified atom stereocenters. The van der Waals surface area contributed by atoms with Crippen molar-refractivity contribution < 1.29 is 17.7 Å². The molecule has 0 aliphatic carbocycles. The monoisotopic (exact) mass is 709 g/mol. The van der Waals surface area contributed by atoms with Crippen molar-refractivity contribution >= 4 is 9.05 Å². The van der Waals surface area contributed by atoms with Crippen molar-refractivity contribution in [3.63, 3.8) is 0 Å². The van der Waals surface area contributed by atoms with Crippen molar-refractivity contribution in [1.82, 2.24) is 19.6 Å². The zero-order valence-electron chi connectivity index (χ0n) is 35.9. The first kappa shape index (κ1) is 41.6. The highest BCUT2D eigenvalue weighted by Gasteiger charge is 2.60. The summed E-state index contributed by atoms with van der Waals surface area (Å²) in [6.45, 7) is 37.6. The molecule has 49 heavy (non-hydrogen) atoms. The lowest BCUT2D eigenvalue weighted by atomic mass is 9.79. The van der Waals surface area contributed by atoms with E-state index in [1.807, 2.05) is 0 Å². The van der Waals surface area contributed by atoms with Crippen molar-refractivity contribution in [1.29, 1.82) is 0 Å². The minimum atomic E-state index is -3.81. The van der Waals surface area contributed by atoms with E-state index in [9.17, 15) is 0 Å². The van der Waals surface area contributed by atoms with Gasteiger partial charge >= 0.3 is 9.05 Å². The molecule has 8 nitrogen and oxygen atoms in total. The minimum absolute atomic E-state index is 0.0419. The minimum Gasteiger partial charge on any atom is -0.348 e. The Labute approximate surface area is 304 Å². The van der Waals surface area contributed by atoms with Crippen LogP contribution in [-0.4, -0.2) is 126 Å². The maximum Gasteiger partial charge on any atom is 0.680 e. The van der Waals surface area contributed by atoms with E-state index in [-0.39, 0.29) is 68.7 Å². The van der Waals surface area contributed by atoms with Gasteiger partial charge < -0.3 is 17.7 Å². The van der Waals surface area contributed by atoms with Gasteiger partial charge in [-0.25, -0.2) is 0 Å². The van der Waals surface area contributed by atoms with E-state index in [4.69, 9.17) is 17.7 Å². The Morgan fingerprint density at radius 1 is 0.306 bits per heavy atom. The maximum atomic E-state index is 7.60. The molecule has 0 saturated carbocycles. The van der Waals surface area contributed by atoms with Crippen LogP contribution >= 0.6 is 0 Å². The molecular weight excluding hydrogens is 629 g/mol. The summed E-state index contributed by atoms with van der Waals surface area (Å²) in [4.78, 5) is 10.1. The standard InChI is InChI=1S/C40H80N4O4Si/c1-33(2)21-29(22-34(3,4)41(33)17)45-49(46-30-23-35(5,6)42(18)36(7,8)24-30,47-31-25-37(9,10)43(19)38(11,12)26-31)48-32-27-39(13,14)44(20)40(15,16)28-32/h29-32H,21-28H2,1-20H3. The van der Waals surface area contributed by atoms with E-state index in [0.29, 0.717) is 0 Å². The number of hydrogen-bond acceptors (Lipinski definition) is 8. The number of likely N-dealkylation sites (tertiary alicyclic amines) is 4. The van der Waals surface area contributed by atoms with Crippen LogP contribution in [0, 0.1) is 0 Å². The number of hydrogen-bond donors (Lipinski definition) is 0. The third-order valence-corrected chi connectivity index (χ3v) is 16.8. The molecule has 4 fully saturated rings. The first-order valence-electron chi connectivity index (χ1n) is 19.4. The molecule has 288 valence electrons. The summed E-state index contributed by atoms with van der Waals surface area (Å²) >= 11 is 0. The second-order valence-electron chi connectivity index (χ2n) is 21.8. The molecule has 4 aliphatic heterocycles. The van der Waals surface area contributed by atoms with Crippen LogP contribution in [0.1, 0.15) is 162 Å². The smallest absolute Gasteiger partial charge is 0.348 e. The molecule has 4 aliphatic rings. The van der Waals surface area contributed by atoms with E-state index in [0.717, 1.165) is 51.4 Å². The predicted molar refractivity (Wildman–Crippen MR) is 206 cm³/mol. The van der Waals surface area contributed by atoms with Crippen LogP contribution < -0.4 is 0 Å². The highest BCUT2D eigenvalue weighted by molar-refractivity contribution is 6.53. The number of nitrogens with zero attached hydrogens (tertiary/aromatic N) is 4. The average molecular weight is 709 g/mol. The largest absolute Gasteiger partial charge is 0.680 e. The number of piperidine rings is 4. The zero-order chi connectivity index (χ0) is 37.6. The Morgan fingerprint density at radius 3 is 0.551 bits per heavy atom. The normalized spacial score (nSPS) is 31.6. The number of rotatable bonds is 8. The predicted octanol–water partition coefficient (Wildman–Crippen LogP) is 8.09. The van der Waals surface area contributed by atoms with Gasteiger partial charge in [-0.15, -0.1) is 0 Å². The van der Waals surface area contributed by atoms with Crippen LogP contribution in [0.4, 0.5) is 0 Å². The molecule has 0 radical (unpaired) electrons. The molecule has 0 spiro atoms. The van der Waals surface area contributed by atoms with E-state index in [1.54, 1.807) is 0 Å². The molecule has 0 aromatic rings. The fourth-order valence-electron chi connectivity index (χ4n) is 10.4. The second kappa shape index (κ2) is 13.0. The highest BCUT2D eigenvalue weighted by atomic mass is 28.4. The van der Waals surface area contributed by atoms with Gasteiger partial charge in [0.25, 0.3) is 0 Å². The topological polar surface area (TPSA) is 49.9 Å². The Kier molecular flexibility index (Phi) is 11.1. The zero-order valence-corrected chi connectivity index (χ0v) is 36.9. The van der Waals surface area contributed by atoms with Crippen LogP contribution in [-0.2, 0) is 17.7 Å². The molecule has 0 amide bonds. The Morgan fingerprint density at radius 2 is 0.429 bits per heavy atom. The van der Waals surface area contributed by atoms with Crippen LogP contribution in [0.3, 0.4) is 0 Å². The molecule has 4 heterocycles. The van der Waals surface area contributed by atoms with Crippen LogP contribution in [0.5, 0.6) is 0 Å². The molecule has 0 N–H and O–H groups in total. The molecule has 0 aromatic carbocycles. The third kappa shape index (κ3) is 8.67. The molecule has 0 aromatic heterocycles. The first-order chi connectivity index (χ1) is 21.8.